The Morgan fingerprint density at radius 2 is 2.10 bits per heavy atom. The molecule has 2 atom stereocenters. The van der Waals surface area contributed by atoms with Gasteiger partial charge in [-0.05, 0) is 40.0 Å². The highest BCUT2D eigenvalue weighted by Gasteiger charge is 2.47. The van der Waals surface area contributed by atoms with Gasteiger partial charge in [-0.15, -0.1) is 0 Å². The fourth-order valence-electron chi connectivity index (χ4n) is 3.00. The van der Waals surface area contributed by atoms with Crippen LogP contribution in [-0.4, -0.2) is 58.4 Å². The van der Waals surface area contributed by atoms with E-state index in [-0.39, 0.29) is 30.4 Å². The zero-order valence-electron chi connectivity index (χ0n) is 12.9. The molecule has 3 N–H and O–H groups in total. The summed E-state index contributed by atoms with van der Waals surface area (Å²) in [7, 11) is 0. The van der Waals surface area contributed by atoms with Gasteiger partial charge < -0.3 is 15.5 Å². The summed E-state index contributed by atoms with van der Waals surface area (Å²) in [4.78, 5) is 39.2. The Hall–Kier alpha value is -1.63. The first-order valence-electron chi connectivity index (χ1n) is 7.43. The first-order chi connectivity index (χ1) is 9.75. The molecule has 2 saturated heterocycles. The predicted molar refractivity (Wildman–Crippen MR) is 77.3 cm³/mol. The van der Waals surface area contributed by atoms with Crippen molar-refractivity contribution in [3.05, 3.63) is 0 Å². The van der Waals surface area contributed by atoms with Gasteiger partial charge in [-0.1, -0.05) is 0 Å². The number of nitrogens with one attached hydrogen (secondary N) is 1. The van der Waals surface area contributed by atoms with Gasteiger partial charge in [0, 0.05) is 18.6 Å². The van der Waals surface area contributed by atoms with Crippen molar-refractivity contribution in [3.8, 4) is 0 Å². The molecule has 0 bridgehead atoms. The molecule has 2 heterocycles. The maximum atomic E-state index is 12.5. The summed E-state index contributed by atoms with van der Waals surface area (Å²) in [6, 6.07) is -0.597. The second kappa shape index (κ2) is 5.63. The lowest BCUT2D eigenvalue weighted by Crippen LogP contribution is -2.56. The van der Waals surface area contributed by atoms with Gasteiger partial charge in [0.2, 0.25) is 5.91 Å². The average molecular weight is 296 g/mol. The van der Waals surface area contributed by atoms with Crippen molar-refractivity contribution in [2.45, 2.75) is 57.7 Å². The van der Waals surface area contributed by atoms with E-state index in [0.717, 1.165) is 19.3 Å². The molecule has 2 aliphatic rings. The number of hydrogen-bond acceptors (Lipinski definition) is 4. The molecule has 0 aromatic rings. The van der Waals surface area contributed by atoms with Crippen LogP contribution >= 0.6 is 0 Å². The van der Waals surface area contributed by atoms with Crippen molar-refractivity contribution < 1.29 is 14.4 Å². The third-order valence-electron chi connectivity index (χ3n) is 4.47. The summed E-state index contributed by atoms with van der Waals surface area (Å²) in [5.74, 6) is -0.516. The smallest absolute Gasteiger partial charge is 0.325 e. The molecule has 0 saturated carbocycles. The minimum absolute atomic E-state index is 0.00993. The summed E-state index contributed by atoms with van der Waals surface area (Å²) in [5.41, 5.74) is 4.97. The fourth-order valence-corrected chi connectivity index (χ4v) is 3.00. The van der Waals surface area contributed by atoms with Crippen LogP contribution in [0.2, 0.25) is 0 Å². The number of carbonyl (C=O) groups excluding carboxylic acids is 3. The number of amides is 4. The molecule has 21 heavy (non-hydrogen) atoms. The summed E-state index contributed by atoms with van der Waals surface area (Å²) in [6.45, 7) is 5.74. The van der Waals surface area contributed by atoms with Crippen LogP contribution in [-0.2, 0) is 9.59 Å². The van der Waals surface area contributed by atoms with Crippen LogP contribution in [0.25, 0.3) is 0 Å². The molecular weight excluding hydrogens is 272 g/mol. The molecule has 0 spiro atoms. The van der Waals surface area contributed by atoms with Gasteiger partial charge in [0.1, 0.15) is 12.1 Å². The maximum Gasteiger partial charge on any atom is 0.325 e. The summed E-state index contributed by atoms with van der Waals surface area (Å²) in [5, 5.41) is 2.25. The van der Waals surface area contributed by atoms with Gasteiger partial charge in [0.05, 0.1) is 0 Å². The molecule has 7 nitrogen and oxygen atoms in total. The van der Waals surface area contributed by atoms with Crippen molar-refractivity contribution in [2.24, 2.45) is 5.73 Å². The standard InChI is InChI=1S/C14H24N4O3/c1-9(15)10-6-4-5-7-17(10)11(19)8-18-13(21)16-12(20)14(18,2)3/h9-10H,4-8,15H2,1-3H3,(H,16,20,21). The van der Waals surface area contributed by atoms with E-state index in [1.165, 1.54) is 4.90 Å². The lowest BCUT2D eigenvalue weighted by atomic mass is 9.96. The topological polar surface area (TPSA) is 95.7 Å². The number of nitrogens with zero attached hydrogens (tertiary/aromatic N) is 2. The normalized spacial score (nSPS) is 26.8. The van der Waals surface area contributed by atoms with Gasteiger partial charge in [0.25, 0.3) is 5.91 Å². The van der Waals surface area contributed by atoms with Crippen LogP contribution in [0, 0.1) is 0 Å². The molecule has 118 valence electrons. The Kier molecular flexibility index (Phi) is 4.22. The predicted octanol–water partition coefficient (Wildman–Crippen LogP) is 0.0451. The Morgan fingerprint density at radius 3 is 2.62 bits per heavy atom. The number of likely N-dealkylation sites (tertiary alicyclic amines) is 1. The van der Waals surface area contributed by atoms with E-state index < -0.39 is 11.6 Å². The van der Waals surface area contributed by atoms with Crippen LogP contribution in [0.1, 0.15) is 40.0 Å². The number of urea groups is 1. The lowest BCUT2D eigenvalue weighted by Gasteiger charge is -2.39. The van der Waals surface area contributed by atoms with E-state index in [1.54, 1.807) is 18.7 Å². The highest BCUT2D eigenvalue weighted by molar-refractivity contribution is 6.07. The van der Waals surface area contributed by atoms with Crippen LogP contribution in [0.5, 0.6) is 0 Å². The molecule has 0 radical (unpaired) electrons. The van der Waals surface area contributed by atoms with Crippen LogP contribution < -0.4 is 11.1 Å². The SMILES string of the molecule is CC(N)C1CCCCN1C(=O)CN1C(=O)NC(=O)C1(C)C. The van der Waals surface area contributed by atoms with Gasteiger partial charge >= 0.3 is 6.03 Å². The molecule has 2 aliphatic heterocycles. The second-order valence-corrected chi connectivity index (χ2v) is 6.41. The minimum atomic E-state index is -0.994. The molecule has 0 aromatic heterocycles. The van der Waals surface area contributed by atoms with Crippen molar-refractivity contribution in [1.29, 1.82) is 0 Å². The Labute approximate surface area is 124 Å². The molecule has 2 unspecified atom stereocenters. The van der Waals surface area contributed by atoms with E-state index in [2.05, 4.69) is 5.32 Å². The monoisotopic (exact) mass is 296 g/mol. The van der Waals surface area contributed by atoms with Crippen molar-refractivity contribution in [3.63, 3.8) is 0 Å². The number of piperidine rings is 1. The summed E-state index contributed by atoms with van der Waals surface area (Å²) >= 11 is 0. The van der Waals surface area contributed by atoms with E-state index in [1.807, 2.05) is 6.92 Å². The molecule has 0 aliphatic carbocycles. The first-order valence-corrected chi connectivity index (χ1v) is 7.43. The maximum absolute atomic E-state index is 12.5. The second-order valence-electron chi connectivity index (χ2n) is 6.41. The van der Waals surface area contributed by atoms with Crippen LogP contribution in [0.15, 0.2) is 0 Å². The van der Waals surface area contributed by atoms with E-state index in [4.69, 9.17) is 5.73 Å². The molecule has 0 aromatic carbocycles. The molecular formula is C14H24N4O3. The highest BCUT2D eigenvalue weighted by atomic mass is 16.2. The van der Waals surface area contributed by atoms with E-state index >= 15 is 0 Å². The number of rotatable bonds is 3. The number of hydrogen-bond donors (Lipinski definition) is 2. The minimum Gasteiger partial charge on any atom is -0.337 e. The first kappa shape index (κ1) is 15.8. The zero-order chi connectivity index (χ0) is 15.8. The van der Waals surface area contributed by atoms with Gasteiger partial charge in [0.15, 0.2) is 0 Å². The van der Waals surface area contributed by atoms with Crippen molar-refractivity contribution in [1.82, 2.24) is 15.1 Å². The number of carbonyl (C=O) groups is 3. The Balaban J connectivity index is 2.10. The van der Waals surface area contributed by atoms with Crippen LogP contribution in [0.4, 0.5) is 4.79 Å². The highest BCUT2D eigenvalue weighted by Crippen LogP contribution is 2.23. The third kappa shape index (κ3) is 2.88. The number of imide groups is 1. The molecule has 2 rings (SSSR count). The zero-order valence-corrected chi connectivity index (χ0v) is 12.9. The van der Waals surface area contributed by atoms with Crippen molar-refractivity contribution in [2.75, 3.05) is 13.1 Å². The summed E-state index contributed by atoms with van der Waals surface area (Å²) < 4.78 is 0. The fraction of sp³-hybridized carbons (Fsp3) is 0.786. The molecule has 2 fully saturated rings. The molecule has 4 amide bonds. The molecule has 7 heteroatoms. The van der Waals surface area contributed by atoms with E-state index in [9.17, 15) is 14.4 Å². The van der Waals surface area contributed by atoms with E-state index in [0.29, 0.717) is 6.54 Å². The largest absolute Gasteiger partial charge is 0.337 e. The van der Waals surface area contributed by atoms with Crippen LogP contribution in [0.3, 0.4) is 0 Å². The van der Waals surface area contributed by atoms with Gasteiger partial charge in [-0.3, -0.25) is 14.9 Å². The van der Waals surface area contributed by atoms with Crippen molar-refractivity contribution >= 4 is 17.8 Å². The lowest BCUT2D eigenvalue weighted by molar-refractivity contribution is -0.137. The Morgan fingerprint density at radius 1 is 1.43 bits per heavy atom. The average Bonchev–Trinajstić information content (AvgIpc) is 2.61. The summed E-state index contributed by atoms with van der Waals surface area (Å²) in [6.07, 6.45) is 2.89. The quantitative estimate of drug-likeness (QED) is 0.719. The third-order valence-corrected chi connectivity index (χ3v) is 4.47. The number of nitrogens with two attached hydrogens (primary N) is 1. The Bertz CT molecular complexity index is 461. The van der Waals surface area contributed by atoms with Gasteiger partial charge in [-0.2, -0.15) is 0 Å². The van der Waals surface area contributed by atoms with Gasteiger partial charge in [-0.25, -0.2) is 4.79 Å².